The van der Waals surface area contributed by atoms with Crippen LogP contribution in [0.3, 0.4) is 0 Å². The summed E-state index contributed by atoms with van der Waals surface area (Å²) in [6.07, 6.45) is 0. The summed E-state index contributed by atoms with van der Waals surface area (Å²) in [7, 11) is 1.80. The summed E-state index contributed by atoms with van der Waals surface area (Å²) in [5.41, 5.74) is -0.502. The van der Waals surface area contributed by atoms with Gasteiger partial charge in [-0.05, 0) is 40.9 Å². The van der Waals surface area contributed by atoms with Crippen LogP contribution in [0.15, 0.2) is 0 Å². The molecule has 0 aromatic rings. The molecule has 2 N–H and O–H groups in total. The van der Waals surface area contributed by atoms with E-state index in [1.54, 1.807) is 7.05 Å². The Balaban J connectivity index is 4.14. The minimum Gasteiger partial charge on any atom is -0.351 e. The SMILES string of the molecule is CCN(CC)CC(C)NC(=O)C(C)(C)NC. The van der Waals surface area contributed by atoms with Gasteiger partial charge in [-0.2, -0.15) is 0 Å². The Kier molecular flexibility index (Phi) is 6.60. The van der Waals surface area contributed by atoms with Gasteiger partial charge in [0.1, 0.15) is 0 Å². The largest absolute Gasteiger partial charge is 0.351 e. The third kappa shape index (κ3) is 4.94. The van der Waals surface area contributed by atoms with E-state index in [2.05, 4.69) is 29.4 Å². The van der Waals surface area contributed by atoms with E-state index in [4.69, 9.17) is 0 Å². The van der Waals surface area contributed by atoms with Crippen molar-refractivity contribution in [2.45, 2.75) is 46.2 Å². The lowest BCUT2D eigenvalue weighted by Crippen LogP contribution is -2.54. The predicted octanol–water partition coefficient (Wildman–Crippen LogP) is 0.831. The zero-order valence-electron chi connectivity index (χ0n) is 11.6. The number of nitrogens with one attached hydrogen (secondary N) is 2. The fourth-order valence-electron chi connectivity index (χ4n) is 1.43. The maximum Gasteiger partial charge on any atom is 0.239 e. The fourth-order valence-corrected chi connectivity index (χ4v) is 1.43. The first-order valence-electron chi connectivity index (χ1n) is 6.09. The third-order valence-electron chi connectivity index (χ3n) is 3.00. The lowest BCUT2D eigenvalue weighted by atomic mass is 10.0. The Morgan fingerprint density at radius 2 is 1.81 bits per heavy atom. The van der Waals surface area contributed by atoms with Crippen LogP contribution in [0.4, 0.5) is 0 Å². The van der Waals surface area contributed by atoms with Crippen LogP contribution in [0.5, 0.6) is 0 Å². The van der Waals surface area contributed by atoms with Crippen molar-refractivity contribution in [3.05, 3.63) is 0 Å². The molecule has 0 spiro atoms. The van der Waals surface area contributed by atoms with Crippen molar-refractivity contribution in [2.24, 2.45) is 0 Å². The molecule has 1 amide bonds. The topological polar surface area (TPSA) is 44.4 Å². The van der Waals surface area contributed by atoms with Gasteiger partial charge in [0, 0.05) is 12.6 Å². The molecule has 0 radical (unpaired) electrons. The van der Waals surface area contributed by atoms with Gasteiger partial charge >= 0.3 is 0 Å². The van der Waals surface area contributed by atoms with Gasteiger partial charge in [0.15, 0.2) is 0 Å². The highest BCUT2D eigenvalue weighted by Crippen LogP contribution is 2.01. The minimum absolute atomic E-state index is 0.0506. The van der Waals surface area contributed by atoms with Crippen LogP contribution in [-0.2, 0) is 4.79 Å². The zero-order chi connectivity index (χ0) is 12.8. The summed E-state index contributed by atoms with van der Waals surface area (Å²) >= 11 is 0. The van der Waals surface area contributed by atoms with Gasteiger partial charge in [0.2, 0.25) is 5.91 Å². The van der Waals surface area contributed by atoms with E-state index in [1.165, 1.54) is 0 Å². The number of nitrogens with zero attached hydrogens (tertiary/aromatic N) is 1. The van der Waals surface area contributed by atoms with E-state index < -0.39 is 5.54 Å². The van der Waals surface area contributed by atoms with E-state index in [0.29, 0.717) is 0 Å². The smallest absolute Gasteiger partial charge is 0.239 e. The van der Waals surface area contributed by atoms with Gasteiger partial charge in [-0.1, -0.05) is 13.8 Å². The van der Waals surface area contributed by atoms with Crippen LogP contribution >= 0.6 is 0 Å². The Morgan fingerprint density at radius 1 is 1.31 bits per heavy atom. The molecule has 0 heterocycles. The van der Waals surface area contributed by atoms with Gasteiger partial charge < -0.3 is 15.5 Å². The first kappa shape index (κ1) is 15.4. The molecule has 4 nitrogen and oxygen atoms in total. The standard InChI is InChI=1S/C12H27N3O/c1-7-15(8-2)9-10(3)14-11(16)12(4,5)13-6/h10,13H,7-9H2,1-6H3,(H,14,16). The normalized spacial score (nSPS) is 13.9. The molecule has 0 fully saturated rings. The van der Waals surface area contributed by atoms with E-state index in [0.717, 1.165) is 19.6 Å². The molecule has 0 aliphatic heterocycles. The number of likely N-dealkylation sites (N-methyl/N-ethyl adjacent to an activating group) is 2. The first-order chi connectivity index (χ1) is 7.37. The monoisotopic (exact) mass is 229 g/mol. The number of hydrogen-bond donors (Lipinski definition) is 2. The zero-order valence-corrected chi connectivity index (χ0v) is 11.6. The van der Waals surface area contributed by atoms with Crippen LogP contribution in [0.25, 0.3) is 0 Å². The average molecular weight is 229 g/mol. The number of hydrogen-bond acceptors (Lipinski definition) is 3. The van der Waals surface area contributed by atoms with Crippen molar-refractivity contribution in [3.63, 3.8) is 0 Å². The fraction of sp³-hybridized carbons (Fsp3) is 0.917. The molecular formula is C12H27N3O. The number of rotatable bonds is 7. The van der Waals surface area contributed by atoms with Gasteiger partial charge in [0.05, 0.1) is 5.54 Å². The lowest BCUT2D eigenvalue weighted by molar-refractivity contribution is -0.127. The highest BCUT2D eigenvalue weighted by atomic mass is 16.2. The molecule has 0 aliphatic rings. The second kappa shape index (κ2) is 6.86. The predicted molar refractivity (Wildman–Crippen MR) is 68.5 cm³/mol. The molecule has 16 heavy (non-hydrogen) atoms. The van der Waals surface area contributed by atoms with Crippen LogP contribution < -0.4 is 10.6 Å². The summed E-state index contributed by atoms with van der Waals surface area (Å²) in [5, 5.41) is 6.03. The first-order valence-corrected chi connectivity index (χ1v) is 6.09. The van der Waals surface area contributed by atoms with Crippen LogP contribution in [-0.4, -0.2) is 49.1 Å². The van der Waals surface area contributed by atoms with Crippen molar-refractivity contribution in [1.82, 2.24) is 15.5 Å². The summed E-state index contributed by atoms with van der Waals surface area (Å²) in [6, 6.07) is 0.181. The molecule has 4 heteroatoms. The Bertz CT molecular complexity index is 212. The molecule has 1 atom stereocenters. The van der Waals surface area contributed by atoms with Gasteiger partial charge in [0.25, 0.3) is 0 Å². The maximum atomic E-state index is 11.9. The highest BCUT2D eigenvalue weighted by molar-refractivity contribution is 5.85. The molecule has 0 saturated carbocycles. The minimum atomic E-state index is -0.502. The Labute approximate surface area is 99.8 Å². The van der Waals surface area contributed by atoms with Gasteiger partial charge in [-0.15, -0.1) is 0 Å². The molecule has 0 aromatic carbocycles. The second-order valence-electron chi connectivity index (χ2n) is 4.74. The van der Waals surface area contributed by atoms with Crippen LogP contribution in [0.1, 0.15) is 34.6 Å². The second-order valence-corrected chi connectivity index (χ2v) is 4.74. The van der Waals surface area contributed by atoms with E-state index in [1.807, 2.05) is 20.8 Å². The summed E-state index contributed by atoms with van der Waals surface area (Å²) in [6.45, 7) is 13.0. The Hall–Kier alpha value is -0.610. The summed E-state index contributed by atoms with van der Waals surface area (Å²) in [4.78, 5) is 14.2. The maximum absolute atomic E-state index is 11.9. The number of amides is 1. The van der Waals surface area contributed by atoms with Gasteiger partial charge in [-0.3, -0.25) is 4.79 Å². The molecule has 96 valence electrons. The Morgan fingerprint density at radius 3 is 2.19 bits per heavy atom. The van der Waals surface area contributed by atoms with Crippen molar-refractivity contribution in [3.8, 4) is 0 Å². The molecule has 0 aromatic heterocycles. The van der Waals surface area contributed by atoms with Crippen molar-refractivity contribution in [1.29, 1.82) is 0 Å². The number of carbonyl (C=O) groups excluding carboxylic acids is 1. The molecule has 0 bridgehead atoms. The molecular weight excluding hydrogens is 202 g/mol. The highest BCUT2D eigenvalue weighted by Gasteiger charge is 2.26. The lowest BCUT2D eigenvalue weighted by Gasteiger charge is -2.28. The molecule has 0 rings (SSSR count). The van der Waals surface area contributed by atoms with Crippen LogP contribution in [0.2, 0.25) is 0 Å². The van der Waals surface area contributed by atoms with Gasteiger partial charge in [-0.25, -0.2) is 0 Å². The van der Waals surface area contributed by atoms with E-state index in [-0.39, 0.29) is 11.9 Å². The molecule has 1 unspecified atom stereocenters. The summed E-state index contributed by atoms with van der Waals surface area (Å²) in [5.74, 6) is 0.0506. The van der Waals surface area contributed by atoms with Crippen molar-refractivity contribution >= 4 is 5.91 Å². The van der Waals surface area contributed by atoms with E-state index in [9.17, 15) is 4.79 Å². The van der Waals surface area contributed by atoms with E-state index >= 15 is 0 Å². The number of carbonyl (C=O) groups is 1. The third-order valence-corrected chi connectivity index (χ3v) is 3.00. The molecule has 0 aliphatic carbocycles. The molecule has 0 saturated heterocycles. The quantitative estimate of drug-likeness (QED) is 0.680. The van der Waals surface area contributed by atoms with Crippen LogP contribution in [0, 0.1) is 0 Å². The summed E-state index contributed by atoms with van der Waals surface area (Å²) < 4.78 is 0. The average Bonchev–Trinajstić information content (AvgIpc) is 2.25. The van der Waals surface area contributed by atoms with Crippen molar-refractivity contribution < 1.29 is 4.79 Å². The van der Waals surface area contributed by atoms with Crippen molar-refractivity contribution in [2.75, 3.05) is 26.7 Å².